The fraction of sp³-hybridized carbons (Fsp3) is 0.600. The van der Waals surface area contributed by atoms with E-state index < -0.39 is 24.0 Å². The van der Waals surface area contributed by atoms with Gasteiger partial charge in [-0.2, -0.15) is 0 Å². The van der Waals surface area contributed by atoms with E-state index in [1.165, 1.54) is 6.92 Å². The number of carbonyl (C=O) groups is 2. The zero-order chi connectivity index (χ0) is 13.9. The number of hydrogen-bond donors (Lipinski definition) is 4. The summed E-state index contributed by atoms with van der Waals surface area (Å²) in [6, 6.07) is -1.39. The predicted octanol–water partition coefficient (Wildman–Crippen LogP) is -0.508. The van der Waals surface area contributed by atoms with Gasteiger partial charge in [-0.25, -0.2) is 9.78 Å². The molecule has 0 saturated carbocycles. The van der Waals surface area contributed by atoms with Crippen LogP contribution in [0.4, 0.5) is 0 Å². The molecule has 2 unspecified atom stereocenters. The Morgan fingerprint density at radius 2 is 1.94 bits per heavy atom. The van der Waals surface area contributed by atoms with Crippen LogP contribution in [0.5, 0.6) is 0 Å². The normalized spacial score (nSPS) is 14.3. The summed E-state index contributed by atoms with van der Waals surface area (Å²) in [6.45, 7) is 5.02. The minimum absolute atomic E-state index is 0.0751. The number of hydrogen-bond acceptors (Lipinski definition) is 5. The SMILES string of the molecule is CC(C)c1nc(C(=O)NC(C(=O)O)C(C)O)n[nH]1. The Labute approximate surface area is 103 Å². The van der Waals surface area contributed by atoms with Crippen LogP contribution >= 0.6 is 0 Å². The second-order valence-electron chi connectivity index (χ2n) is 4.23. The second-order valence-corrected chi connectivity index (χ2v) is 4.23. The first-order chi connectivity index (χ1) is 8.32. The van der Waals surface area contributed by atoms with E-state index >= 15 is 0 Å². The number of nitrogens with one attached hydrogen (secondary N) is 2. The van der Waals surface area contributed by atoms with Crippen molar-refractivity contribution in [1.29, 1.82) is 0 Å². The van der Waals surface area contributed by atoms with E-state index in [4.69, 9.17) is 5.11 Å². The largest absolute Gasteiger partial charge is 0.480 e. The summed E-state index contributed by atoms with van der Waals surface area (Å²) in [5.41, 5.74) is 0. The van der Waals surface area contributed by atoms with Crippen molar-refractivity contribution in [3.05, 3.63) is 11.6 Å². The van der Waals surface area contributed by atoms with E-state index in [0.717, 1.165) is 0 Å². The Balaban J connectivity index is 2.77. The van der Waals surface area contributed by atoms with Crippen molar-refractivity contribution in [2.75, 3.05) is 0 Å². The van der Waals surface area contributed by atoms with Crippen LogP contribution in [0.3, 0.4) is 0 Å². The molecule has 100 valence electrons. The lowest BCUT2D eigenvalue weighted by atomic mass is 10.2. The number of nitrogens with zero attached hydrogens (tertiary/aromatic N) is 2. The summed E-state index contributed by atoms with van der Waals surface area (Å²) >= 11 is 0. The minimum Gasteiger partial charge on any atom is -0.480 e. The Bertz CT molecular complexity index is 441. The van der Waals surface area contributed by atoms with Crippen LogP contribution in [0.2, 0.25) is 0 Å². The number of aromatic amines is 1. The lowest BCUT2D eigenvalue weighted by molar-refractivity contribution is -0.141. The number of amides is 1. The minimum atomic E-state index is -1.39. The van der Waals surface area contributed by atoms with Crippen LogP contribution in [0.25, 0.3) is 0 Å². The maximum absolute atomic E-state index is 11.7. The third kappa shape index (κ3) is 3.27. The summed E-state index contributed by atoms with van der Waals surface area (Å²) in [4.78, 5) is 26.4. The Kier molecular flexibility index (Phi) is 4.38. The Hall–Kier alpha value is -1.96. The summed E-state index contributed by atoms with van der Waals surface area (Å²) in [5.74, 6) is -1.61. The van der Waals surface area contributed by atoms with Crippen molar-refractivity contribution >= 4 is 11.9 Å². The van der Waals surface area contributed by atoms with Gasteiger partial charge in [-0.1, -0.05) is 13.8 Å². The number of H-pyrrole nitrogens is 1. The van der Waals surface area contributed by atoms with Crippen LogP contribution in [0.15, 0.2) is 0 Å². The molecule has 1 aromatic rings. The fourth-order valence-electron chi connectivity index (χ4n) is 1.23. The van der Waals surface area contributed by atoms with Gasteiger partial charge in [0, 0.05) is 5.92 Å². The zero-order valence-electron chi connectivity index (χ0n) is 10.3. The molecule has 1 rings (SSSR count). The van der Waals surface area contributed by atoms with Gasteiger partial charge in [-0.3, -0.25) is 9.89 Å². The van der Waals surface area contributed by atoms with E-state index in [9.17, 15) is 14.7 Å². The topological polar surface area (TPSA) is 128 Å². The average molecular weight is 256 g/mol. The van der Waals surface area contributed by atoms with Gasteiger partial charge >= 0.3 is 5.97 Å². The number of rotatable bonds is 5. The quantitative estimate of drug-likeness (QED) is 0.561. The van der Waals surface area contributed by atoms with Gasteiger partial charge in [0.2, 0.25) is 5.82 Å². The van der Waals surface area contributed by atoms with Gasteiger partial charge in [-0.05, 0) is 6.92 Å². The number of carboxylic acids is 1. The van der Waals surface area contributed by atoms with E-state index in [1.807, 2.05) is 13.8 Å². The Morgan fingerprint density at radius 1 is 1.33 bits per heavy atom. The van der Waals surface area contributed by atoms with E-state index in [1.54, 1.807) is 0 Å². The molecule has 0 bridgehead atoms. The first-order valence-electron chi connectivity index (χ1n) is 5.47. The molecular formula is C10H16N4O4. The van der Waals surface area contributed by atoms with Crippen molar-refractivity contribution in [1.82, 2.24) is 20.5 Å². The van der Waals surface area contributed by atoms with Gasteiger partial charge in [-0.15, -0.1) is 5.10 Å². The standard InChI is InChI=1S/C10H16N4O4/c1-4(2)7-12-8(14-13-7)9(16)11-6(5(3)15)10(17)18/h4-6,15H,1-3H3,(H,11,16)(H,17,18)(H,12,13,14). The number of aliphatic hydroxyl groups excluding tert-OH is 1. The maximum Gasteiger partial charge on any atom is 0.328 e. The van der Waals surface area contributed by atoms with E-state index in [2.05, 4.69) is 20.5 Å². The van der Waals surface area contributed by atoms with Crippen LogP contribution in [0, 0.1) is 0 Å². The number of carboxylic acid groups (broad SMARTS) is 1. The first-order valence-corrected chi connectivity index (χ1v) is 5.47. The number of aliphatic carboxylic acids is 1. The van der Waals surface area contributed by atoms with Gasteiger partial charge in [0.05, 0.1) is 6.10 Å². The zero-order valence-corrected chi connectivity index (χ0v) is 10.3. The summed E-state index contributed by atoms with van der Waals surface area (Å²) < 4.78 is 0. The molecule has 0 fully saturated rings. The Morgan fingerprint density at radius 3 is 2.33 bits per heavy atom. The fourth-order valence-corrected chi connectivity index (χ4v) is 1.23. The van der Waals surface area contributed by atoms with Crippen molar-refractivity contribution in [2.24, 2.45) is 0 Å². The number of aliphatic hydroxyl groups is 1. The molecule has 0 spiro atoms. The van der Waals surface area contributed by atoms with Crippen molar-refractivity contribution in [2.45, 2.75) is 38.8 Å². The highest BCUT2D eigenvalue weighted by atomic mass is 16.4. The molecular weight excluding hydrogens is 240 g/mol. The first kappa shape index (κ1) is 14.1. The third-order valence-electron chi connectivity index (χ3n) is 2.29. The summed E-state index contributed by atoms with van der Waals surface area (Å²) in [7, 11) is 0. The van der Waals surface area contributed by atoms with Gasteiger partial charge in [0.15, 0.2) is 6.04 Å². The molecule has 0 aromatic carbocycles. The van der Waals surface area contributed by atoms with Crippen molar-refractivity contribution < 1.29 is 19.8 Å². The summed E-state index contributed by atoms with van der Waals surface area (Å²) in [6.07, 6.45) is -1.21. The number of carbonyl (C=O) groups excluding carboxylic acids is 1. The highest BCUT2D eigenvalue weighted by Gasteiger charge is 2.27. The lowest BCUT2D eigenvalue weighted by Gasteiger charge is -2.15. The second kappa shape index (κ2) is 5.58. The lowest BCUT2D eigenvalue weighted by Crippen LogP contribution is -2.47. The van der Waals surface area contributed by atoms with Gasteiger partial charge in [0.25, 0.3) is 5.91 Å². The molecule has 0 aliphatic heterocycles. The highest BCUT2D eigenvalue weighted by Crippen LogP contribution is 2.07. The molecule has 8 nitrogen and oxygen atoms in total. The number of aromatic nitrogens is 3. The monoisotopic (exact) mass is 256 g/mol. The van der Waals surface area contributed by atoms with E-state index in [-0.39, 0.29) is 11.7 Å². The van der Waals surface area contributed by atoms with Crippen LogP contribution in [-0.4, -0.2) is 49.4 Å². The molecule has 0 saturated heterocycles. The molecule has 0 aliphatic rings. The van der Waals surface area contributed by atoms with Crippen molar-refractivity contribution in [3.63, 3.8) is 0 Å². The molecule has 0 radical (unpaired) electrons. The molecule has 1 heterocycles. The van der Waals surface area contributed by atoms with Gasteiger partial charge < -0.3 is 15.5 Å². The van der Waals surface area contributed by atoms with E-state index in [0.29, 0.717) is 5.82 Å². The van der Waals surface area contributed by atoms with Crippen LogP contribution in [0.1, 0.15) is 43.1 Å². The molecule has 18 heavy (non-hydrogen) atoms. The molecule has 4 N–H and O–H groups in total. The molecule has 2 atom stereocenters. The third-order valence-corrected chi connectivity index (χ3v) is 2.29. The van der Waals surface area contributed by atoms with Crippen molar-refractivity contribution in [3.8, 4) is 0 Å². The van der Waals surface area contributed by atoms with Gasteiger partial charge in [0.1, 0.15) is 5.82 Å². The molecule has 8 heteroatoms. The summed E-state index contributed by atoms with van der Waals surface area (Å²) in [5, 5.41) is 26.5. The smallest absolute Gasteiger partial charge is 0.328 e. The molecule has 0 aliphatic carbocycles. The highest BCUT2D eigenvalue weighted by molar-refractivity contribution is 5.93. The molecule has 1 aromatic heterocycles. The van der Waals surface area contributed by atoms with Crippen LogP contribution < -0.4 is 5.32 Å². The maximum atomic E-state index is 11.7. The predicted molar refractivity (Wildman–Crippen MR) is 61.0 cm³/mol. The molecule has 1 amide bonds. The van der Waals surface area contributed by atoms with Crippen LogP contribution in [-0.2, 0) is 4.79 Å². The average Bonchev–Trinajstić information content (AvgIpc) is 2.73.